The summed E-state index contributed by atoms with van der Waals surface area (Å²) in [6.45, 7) is 2.78. The molecule has 2 nitrogen and oxygen atoms in total. The Kier molecular flexibility index (Phi) is 4.47. The smallest absolute Gasteiger partial charge is 0.252 e. The third-order valence-electron chi connectivity index (χ3n) is 1.83. The lowest BCUT2D eigenvalue weighted by Crippen LogP contribution is -1.97. The fourth-order valence-corrected chi connectivity index (χ4v) is 1.16. The molecule has 0 aliphatic rings. The van der Waals surface area contributed by atoms with Gasteiger partial charge in [0, 0.05) is 5.56 Å². The van der Waals surface area contributed by atoms with Crippen LogP contribution in [0.25, 0.3) is 0 Å². The van der Waals surface area contributed by atoms with Crippen molar-refractivity contribution >= 4 is 16.8 Å². The van der Waals surface area contributed by atoms with Crippen LogP contribution < -0.4 is 4.74 Å². The predicted molar refractivity (Wildman–Crippen MR) is 57.0 cm³/mol. The first kappa shape index (κ1) is 11.1. The second kappa shape index (κ2) is 5.66. The third-order valence-corrected chi connectivity index (χ3v) is 2.05. The Bertz CT molecular complexity index is 310. The molecular formula is C11H13ClO2. The van der Waals surface area contributed by atoms with Gasteiger partial charge in [-0.15, -0.1) is 0 Å². The number of hydrogen-bond acceptors (Lipinski definition) is 2. The van der Waals surface area contributed by atoms with E-state index in [1.54, 1.807) is 18.2 Å². The van der Waals surface area contributed by atoms with E-state index >= 15 is 0 Å². The van der Waals surface area contributed by atoms with Crippen molar-refractivity contribution < 1.29 is 9.53 Å². The molecule has 1 aromatic carbocycles. The molecule has 0 aromatic heterocycles. The van der Waals surface area contributed by atoms with Gasteiger partial charge < -0.3 is 4.74 Å². The second-order valence-electron chi connectivity index (χ2n) is 3.00. The Morgan fingerprint density at radius 2 is 2.29 bits per heavy atom. The van der Waals surface area contributed by atoms with Gasteiger partial charge in [0.15, 0.2) is 0 Å². The maximum absolute atomic E-state index is 10.8. The number of unbranched alkanes of at least 4 members (excludes halogenated alkanes) is 1. The fraction of sp³-hybridized carbons (Fsp3) is 0.364. The summed E-state index contributed by atoms with van der Waals surface area (Å²) < 4.78 is 5.43. The molecular weight excluding hydrogens is 200 g/mol. The molecule has 76 valence electrons. The fourth-order valence-electron chi connectivity index (χ4n) is 1.04. The molecule has 0 atom stereocenters. The number of halogens is 1. The van der Waals surface area contributed by atoms with Gasteiger partial charge in [0.25, 0.3) is 5.24 Å². The van der Waals surface area contributed by atoms with Crippen molar-refractivity contribution in [3.8, 4) is 5.75 Å². The van der Waals surface area contributed by atoms with Crippen molar-refractivity contribution in [1.82, 2.24) is 0 Å². The summed E-state index contributed by atoms with van der Waals surface area (Å²) in [4.78, 5) is 10.8. The summed E-state index contributed by atoms with van der Waals surface area (Å²) in [6, 6.07) is 6.91. The average Bonchev–Trinajstić information content (AvgIpc) is 2.19. The lowest BCUT2D eigenvalue weighted by molar-refractivity contribution is 0.108. The Morgan fingerprint density at radius 1 is 1.50 bits per heavy atom. The standard InChI is InChI=1S/C11H13ClO2/c1-2-3-7-14-10-6-4-5-9(8-10)11(12)13/h4-6,8H,2-3,7H2,1H3. The predicted octanol–water partition coefficient (Wildman–Crippen LogP) is 3.24. The molecule has 3 heteroatoms. The molecule has 0 N–H and O–H groups in total. The van der Waals surface area contributed by atoms with Crippen LogP contribution in [0.3, 0.4) is 0 Å². The average molecular weight is 213 g/mol. The van der Waals surface area contributed by atoms with Crippen LogP contribution in [0.15, 0.2) is 24.3 Å². The maximum Gasteiger partial charge on any atom is 0.252 e. The van der Waals surface area contributed by atoms with Crippen LogP contribution in [0.1, 0.15) is 30.1 Å². The molecule has 0 radical (unpaired) electrons. The van der Waals surface area contributed by atoms with E-state index < -0.39 is 5.24 Å². The number of hydrogen-bond donors (Lipinski definition) is 0. The van der Waals surface area contributed by atoms with Gasteiger partial charge in [-0.2, -0.15) is 0 Å². The van der Waals surface area contributed by atoms with Crippen molar-refractivity contribution in [2.75, 3.05) is 6.61 Å². The summed E-state index contributed by atoms with van der Waals surface area (Å²) in [6.07, 6.45) is 2.10. The van der Waals surface area contributed by atoms with E-state index in [4.69, 9.17) is 16.3 Å². The SMILES string of the molecule is CCCCOc1cccc(C(=O)Cl)c1. The molecule has 0 bridgehead atoms. The van der Waals surface area contributed by atoms with Crippen LogP contribution in [0.2, 0.25) is 0 Å². The number of carbonyl (C=O) groups is 1. The summed E-state index contributed by atoms with van der Waals surface area (Å²) in [5.74, 6) is 0.699. The highest BCUT2D eigenvalue weighted by molar-refractivity contribution is 6.67. The highest BCUT2D eigenvalue weighted by Crippen LogP contribution is 2.15. The Hall–Kier alpha value is -1.02. The van der Waals surface area contributed by atoms with Crippen LogP contribution in [0.5, 0.6) is 5.75 Å². The number of rotatable bonds is 5. The monoisotopic (exact) mass is 212 g/mol. The van der Waals surface area contributed by atoms with Crippen molar-refractivity contribution in [2.45, 2.75) is 19.8 Å². The molecule has 0 aliphatic heterocycles. The van der Waals surface area contributed by atoms with Gasteiger partial charge in [-0.1, -0.05) is 19.4 Å². The molecule has 1 rings (SSSR count). The first-order chi connectivity index (χ1) is 6.74. The Labute approximate surface area is 88.8 Å². The van der Waals surface area contributed by atoms with E-state index in [1.165, 1.54) is 0 Å². The number of ether oxygens (including phenoxy) is 1. The summed E-state index contributed by atoms with van der Waals surface area (Å²) >= 11 is 5.34. The molecule has 0 saturated carbocycles. The van der Waals surface area contributed by atoms with Crippen LogP contribution in [0.4, 0.5) is 0 Å². The molecule has 14 heavy (non-hydrogen) atoms. The van der Waals surface area contributed by atoms with Crippen LogP contribution in [0, 0.1) is 0 Å². The quantitative estimate of drug-likeness (QED) is 0.553. The lowest BCUT2D eigenvalue weighted by Gasteiger charge is -2.05. The molecule has 0 unspecified atom stereocenters. The highest BCUT2D eigenvalue weighted by atomic mass is 35.5. The molecule has 0 fully saturated rings. The summed E-state index contributed by atoms with van der Waals surface area (Å²) in [5, 5.41) is -0.453. The molecule has 0 amide bonds. The minimum Gasteiger partial charge on any atom is -0.494 e. The zero-order valence-corrected chi connectivity index (χ0v) is 8.88. The summed E-state index contributed by atoms with van der Waals surface area (Å²) in [5.41, 5.74) is 0.473. The van der Waals surface area contributed by atoms with Crippen LogP contribution in [-0.4, -0.2) is 11.8 Å². The topological polar surface area (TPSA) is 26.3 Å². The van der Waals surface area contributed by atoms with Gasteiger partial charge in [-0.05, 0) is 36.2 Å². The van der Waals surface area contributed by atoms with Gasteiger partial charge >= 0.3 is 0 Å². The number of benzene rings is 1. The van der Waals surface area contributed by atoms with Crippen molar-refractivity contribution in [3.05, 3.63) is 29.8 Å². The Balaban J connectivity index is 2.59. The third kappa shape index (κ3) is 3.38. The van der Waals surface area contributed by atoms with Crippen LogP contribution in [-0.2, 0) is 0 Å². The van der Waals surface area contributed by atoms with E-state index in [0.717, 1.165) is 12.8 Å². The minimum absolute atomic E-state index is 0.453. The first-order valence-electron chi connectivity index (χ1n) is 4.66. The molecule has 0 heterocycles. The lowest BCUT2D eigenvalue weighted by atomic mass is 10.2. The summed E-state index contributed by atoms with van der Waals surface area (Å²) in [7, 11) is 0. The Morgan fingerprint density at radius 3 is 2.93 bits per heavy atom. The zero-order valence-electron chi connectivity index (χ0n) is 8.13. The van der Waals surface area contributed by atoms with Crippen LogP contribution >= 0.6 is 11.6 Å². The largest absolute Gasteiger partial charge is 0.494 e. The minimum atomic E-state index is -0.453. The van der Waals surface area contributed by atoms with Crippen molar-refractivity contribution in [1.29, 1.82) is 0 Å². The molecule has 0 aliphatic carbocycles. The normalized spacial score (nSPS) is 9.86. The van der Waals surface area contributed by atoms with Gasteiger partial charge in [0.1, 0.15) is 5.75 Å². The van der Waals surface area contributed by atoms with E-state index in [-0.39, 0.29) is 0 Å². The second-order valence-corrected chi connectivity index (χ2v) is 3.35. The van der Waals surface area contributed by atoms with E-state index in [1.807, 2.05) is 6.07 Å². The van der Waals surface area contributed by atoms with Gasteiger partial charge in [0.2, 0.25) is 0 Å². The molecule has 0 saturated heterocycles. The maximum atomic E-state index is 10.8. The first-order valence-corrected chi connectivity index (χ1v) is 5.04. The zero-order chi connectivity index (χ0) is 10.4. The molecule has 0 spiro atoms. The van der Waals surface area contributed by atoms with E-state index in [2.05, 4.69) is 6.92 Å². The van der Waals surface area contributed by atoms with Gasteiger partial charge in [-0.3, -0.25) is 4.79 Å². The van der Waals surface area contributed by atoms with E-state index in [0.29, 0.717) is 17.9 Å². The molecule has 1 aromatic rings. The van der Waals surface area contributed by atoms with Crippen molar-refractivity contribution in [3.63, 3.8) is 0 Å². The van der Waals surface area contributed by atoms with Gasteiger partial charge in [-0.25, -0.2) is 0 Å². The van der Waals surface area contributed by atoms with Crippen molar-refractivity contribution in [2.24, 2.45) is 0 Å². The highest BCUT2D eigenvalue weighted by Gasteiger charge is 2.02. The van der Waals surface area contributed by atoms with E-state index in [9.17, 15) is 4.79 Å². The van der Waals surface area contributed by atoms with Gasteiger partial charge in [0.05, 0.1) is 6.61 Å². The number of carbonyl (C=O) groups excluding carboxylic acids is 1.